The highest BCUT2D eigenvalue weighted by Crippen LogP contribution is 2.17. The summed E-state index contributed by atoms with van der Waals surface area (Å²) in [5.74, 6) is 0. The number of hydrogen-bond acceptors (Lipinski definition) is 2. The molecule has 0 aliphatic rings. The molecule has 1 aromatic heterocycles. The third kappa shape index (κ3) is 1.69. The van der Waals surface area contributed by atoms with E-state index in [-0.39, 0.29) is 5.69 Å². The Hall–Kier alpha value is -1.20. The molecule has 0 spiro atoms. The standard InChI is InChI=1S/C6H8F3N3/c7-1-5(6(8)9)12-3-4(10)2-11-12/h2-3,5-6H,1,10H2. The van der Waals surface area contributed by atoms with Gasteiger partial charge in [0.2, 0.25) is 0 Å². The van der Waals surface area contributed by atoms with Crippen LogP contribution in [-0.4, -0.2) is 22.9 Å². The van der Waals surface area contributed by atoms with Gasteiger partial charge in [0.05, 0.1) is 11.9 Å². The number of alkyl halides is 3. The number of nitrogens with zero attached hydrogens (tertiary/aromatic N) is 2. The molecule has 6 heteroatoms. The van der Waals surface area contributed by atoms with Crippen LogP contribution in [0, 0.1) is 0 Å². The average Bonchev–Trinajstić information content (AvgIpc) is 2.37. The number of aromatic nitrogens is 2. The second-order valence-electron chi connectivity index (χ2n) is 2.31. The first kappa shape index (κ1) is 8.89. The highest BCUT2D eigenvalue weighted by molar-refractivity contribution is 5.30. The first-order chi connectivity index (χ1) is 5.65. The number of nitrogen functional groups attached to an aromatic ring is 1. The number of hydrogen-bond donors (Lipinski definition) is 1. The van der Waals surface area contributed by atoms with Crippen LogP contribution in [0.1, 0.15) is 6.04 Å². The van der Waals surface area contributed by atoms with Crippen LogP contribution in [0.25, 0.3) is 0 Å². The van der Waals surface area contributed by atoms with Crippen molar-refractivity contribution in [1.29, 1.82) is 0 Å². The van der Waals surface area contributed by atoms with E-state index in [2.05, 4.69) is 5.10 Å². The van der Waals surface area contributed by atoms with Crippen LogP contribution in [-0.2, 0) is 0 Å². The van der Waals surface area contributed by atoms with E-state index in [1.165, 1.54) is 12.4 Å². The lowest BCUT2D eigenvalue weighted by molar-refractivity contribution is 0.0624. The second kappa shape index (κ2) is 3.46. The summed E-state index contributed by atoms with van der Waals surface area (Å²) < 4.78 is 37.0. The first-order valence-electron chi connectivity index (χ1n) is 3.29. The Kier molecular flexibility index (Phi) is 2.57. The van der Waals surface area contributed by atoms with E-state index in [0.717, 1.165) is 4.68 Å². The van der Waals surface area contributed by atoms with Crippen molar-refractivity contribution in [3.63, 3.8) is 0 Å². The minimum atomic E-state index is -2.77. The Bertz CT molecular complexity index is 248. The molecule has 0 aromatic carbocycles. The lowest BCUT2D eigenvalue weighted by Gasteiger charge is -2.11. The van der Waals surface area contributed by atoms with E-state index in [9.17, 15) is 13.2 Å². The monoisotopic (exact) mass is 179 g/mol. The smallest absolute Gasteiger partial charge is 0.263 e. The summed E-state index contributed by atoms with van der Waals surface area (Å²) in [6, 6.07) is -1.53. The van der Waals surface area contributed by atoms with Crippen molar-refractivity contribution >= 4 is 5.69 Å². The fraction of sp³-hybridized carbons (Fsp3) is 0.500. The summed E-state index contributed by atoms with van der Waals surface area (Å²) in [4.78, 5) is 0. The zero-order chi connectivity index (χ0) is 9.14. The maximum absolute atomic E-state index is 12.1. The molecule has 1 unspecified atom stereocenters. The zero-order valence-electron chi connectivity index (χ0n) is 6.12. The lowest BCUT2D eigenvalue weighted by Crippen LogP contribution is -2.19. The van der Waals surface area contributed by atoms with Crippen molar-refractivity contribution in [2.75, 3.05) is 12.4 Å². The van der Waals surface area contributed by atoms with Gasteiger partial charge in [-0.1, -0.05) is 0 Å². The Labute approximate surface area is 67.0 Å². The highest BCUT2D eigenvalue weighted by Gasteiger charge is 2.22. The van der Waals surface area contributed by atoms with E-state index in [1.807, 2.05) is 0 Å². The average molecular weight is 179 g/mol. The van der Waals surface area contributed by atoms with Gasteiger partial charge in [-0.05, 0) is 0 Å². The predicted octanol–water partition coefficient (Wildman–Crippen LogP) is 1.24. The molecule has 12 heavy (non-hydrogen) atoms. The number of halogens is 3. The van der Waals surface area contributed by atoms with E-state index in [0.29, 0.717) is 0 Å². The van der Waals surface area contributed by atoms with Gasteiger partial charge in [-0.2, -0.15) is 5.10 Å². The van der Waals surface area contributed by atoms with Gasteiger partial charge in [0, 0.05) is 6.20 Å². The normalized spacial score (nSPS) is 13.7. The van der Waals surface area contributed by atoms with Crippen molar-refractivity contribution in [3.8, 4) is 0 Å². The molecule has 3 nitrogen and oxygen atoms in total. The van der Waals surface area contributed by atoms with Gasteiger partial charge in [0.15, 0.2) is 0 Å². The van der Waals surface area contributed by atoms with Crippen LogP contribution < -0.4 is 5.73 Å². The number of rotatable bonds is 3. The minimum absolute atomic E-state index is 0.245. The maximum Gasteiger partial charge on any atom is 0.263 e. The molecule has 1 rings (SSSR count). The quantitative estimate of drug-likeness (QED) is 0.758. The van der Waals surface area contributed by atoms with E-state index in [4.69, 9.17) is 5.73 Å². The van der Waals surface area contributed by atoms with Crippen molar-refractivity contribution < 1.29 is 13.2 Å². The van der Waals surface area contributed by atoms with Gasteiger partial charge in [-0.15, -0.1) is 0 Å². The Morgan fingerprint density at radius 2 is 2.25 bits per heavy atom. The van der Waals surface area contributed by atoms with E-state index < -0.39 is 19.1 Å². The van der Waals surface area contributed by atoms with Gasteiger partial charge in [-0.3, -0.25) is 4.68 Å². The summed E-state index contributed by atoms with van der Waals surface area (Å²) >= 11 is 0. The van der Waals surface area contributed by atoms with Gasteiger partial charge >= 0.3 is 0 Å². The molecule has 1 heterocycles. The van der Waals surface area contributed by atoms with Crippen LogP contribution in [0.2, 0.25) is 0 Å². The summed E-state index contributed by atoms with van der Waals surface area (Å²) in [5, 5.41) is 3.48. The third-order valence-electron chi connectivity index (χ3n) is 1.41. The van der Waals surface area contributed by atoms with Gasteiger partial charge < -0.3 is 5.73 Å². The molecule has 0 saturated heterocycles. The molecular weight excluding hydrogens is 171 g/mol. The summed E-state index contributed by atoms with van der Waals surface area (Å²) in [6.07, 6.45) is -0.393. The fourth-order valence-corrected chi connectivity index (χ4v) is 0.788. The van der Waals surface area contributed by atoms with Crippen LogP contribution in [0.15, 0.2) is 12.4 Å². The van der Waals surface area contributed by atoms with Crippen molar-refractivity contribution in [3.05, 3.63) is 12.4 Å². The Morgan fingerprint density at radius 1 is 1.58 bits per heavy atom. The van der Waals surface area contributed by atoms with Crippen molar-refractivity contribution in [2.24, 2.45) is 0 Å². The molecule has 68 valence electrons. The van der Waals surface area contributed by atoms with E-state index in [1.54, 1.807) is 0 Å². The third-order valence-corrected chi connectivity index (χ3v) is 1.41. The minimum Gasteiger partial charge on any atom is -0.396 e. The predicted molar refractivity (Wildman–Crippen MR) is 37.7 cm³/mol. The van der Waals surface area contributed by atoms with Crippen LogP contribution in [0.4, 0.5) is 18.9 Å². The molecule has 0 bridgehead atoms. The second-order valence-corrected chi connectivity index (χ2v) is 2.31. The van der Waals surface area contributed by atoms with Gasteiger partial charge in [0.25, 0.3) is 6.43 Å². The van der Waals surface area contributed by atoms with Crippen LogP contribution >= 0.6 is 0 Å². The molecule has 0 fully saturated rings. The zero-order valence-corrected chi connectivity index (χ0v) is 6.12. The van der Waals surface area contributed by atoms with Crippen molar-refractivity contribution in [2.45, 2.75) is 12.5 Å². The molecule has 1 aromatic rings. The molecule has 0 radical (unpaired) electrons. The largest absolute Gasteiger partial charge is 0.396 e. The molecule has 0 aliphatic heterocycles. The molecule has 0 amide bonds. The van der Waals surface area contributed by atoms with Crippen LogP contribution in [0.5, 0.6) is 0 Å². The SMILES string of the molecule is Nc1cnn(C(CF)C(F)F)c1. The summed E-state index contributed by atoms with van der Waals surface area (Å²) in [6.45, 7) is -1.15. The van der Waals surface area contributed by atoms with Gasteiger partial charge in [-0.25, -0.2) is 13.2 Å². The van der Waals surface area contributed by atoms with Gasteiger partial charge in [0.1, 0.15) is 12.7 Å². The molecular formula is C6H8F3N3. The molecule has 1 atom stereocenters. The Morgan fingerprint density at radius 3 is 2.58 bits per heavy atom. The Balaban J connectivity index is 2.80. The topological polar surface area (TPSA) is 43.8 Å². The number of anilines is 1. The lowest BCUT2D eigenvalue weighted by atomic mass is 10.3. The molecule has 2 N–H and O–H groups in total. The van der Waals surface area contributed by atoms with Crippen molar-refractivity contribution in [1.82, 2.24) is 9.78 Å². The summed E-state index contributed by atoms with van der Waals surface area (Å²) in [5.41, 5.74) is 5.47. The maximum atomic E-state index is 12.1. The van der Waals surface area contributed by atoms with Crippen LogP contribution in [0.3, 0.4) is 0 Å². The fourth-order valence-electron chi connectivity index (χ4n) is 0.788. The molecule has 0 saturated carbocycles. The highest BCUT2D eigenvalue weighted by atomic mass is 19.3. The summed E-state index contributed by atoms with van der Waals surface area (Å²) in [7, 11) is 0. The van der Waals surface area contributed by atoms with E-state index >= 15 is 0 Å². The molecule has 0 aliphatic carbocycles. The number of nitrogens with two attached hydrogens (primary N) is 1. The first-order valence-corrected chi connectivity index (χ1v) is 3.29.